The normalized spacial score (nSPS) is 12.4. The predicted octanol–water partition coefficient (Wildman–Crippen LogP) is 5.57. The number of hydrogen-bond donors (Lipinski definition) is 1. The van der Waals surface area contributed by atoms with E-state index in [1.807, 2.05) is 58.8 Å². The van der Waals surface area contributed by atoms with E-state index < -0.39 is 11.7 Å². The van der Waals surface area contributed by atoms with Gasteiger partial charge in [-0.25, -0.2) is 5.48 Å². The van der Waals surface area contributed by atoms with Crippen LogP contribution in [-0.4, -0.2) is 25.5 Å². The quantitative estimate of drug-likeness (QED) is 0.663. The second-order valence-electron chi connectivity index (χ2n) is 7.83. The van der Waals surface area contributed by atoms with Gasteiger partial charge in [-0.05, 0) is 68.9 Å². The van der Waals surface area contributed by atoms with E-state index >= 15 is 0 Å². The molecule has 0 unspecified atom stereocenters. The highest BCUT2D eigenvalue weighted by Crippen LogP contribution is 2.37. The topological polar surface area (TPSA) is 24.5 Å². The molecule has 0 saturated heterocycles. The van der Waals surface area contributed by atoms with E-state index in [2.05, 4.69) is 5.48 Å². The molecule has 0 aromatic heterocycles. The van der Waals surface area contributed by atoms with Crippen LogP contribution in [0.2, 0.25) is 0 Å². The Balaban J connectivity index is 2.38. The lowest BCUT2D eigenvalue weighted by atomic mass is 9.82. The smallest absolute Gasteiger partial charge is 0.382 e. The molecule has 2 rings (SSSR count). The van der Waals surface area contributed by atoms with Crippen LogP contribution in [-0.2, 0) is 11.6 Å². The molecule has 0 spiro atoms. The van der Waals surface area contributed by atoms with Crippen LogP contribution in [0.5, 0.6) is 5.75 Å². The largest absolute Gasteiger partial charge is 0.416 e. The van der Waals surface area contributed by atoms with Gasteiger partial charge in [0.1, 0.15) is 0 Å². The van der Waals surface area contributed by atoms with Gasteiger partial charge in [0.25, 0.3) is 0 Å². The number of nitrogens with one attached hydrogen (secondary N) is 1. The SMILES string of the molecule is Cc1ccc(ONc2cc(C(F)(F)F)ccc2C(C)(C)CN(C)C)cc1C. The van der Waals surface area contributed by atoms with Gasteiger partial charge in [0.05, 0.1) is 11.3 Å². The Labute approximate surface area is 159 Å². The predicted molar refractivity (Wildman–Crippen MR) is 103 cm³/mol. The fourth-order valence-corrected chi connectivity index (χ4v) is 3.16. The summed E-state index contributed by atoms with van der Waals surface area (Å²) in [5.41, 5.74) is 4.91. The van der Waals surface area contributed by atoms with Crippen LogP contribution in [0.4, 0.5) is 18.9 Å². The molecule has 148 valence electrons. The van der Waals surface area contributed by atoms with Crippen molar-refractivity contribution in [2.24, 2.45) is 0 Å². The van der Waals surface area contributed by atoms with Crippen LogP contribution in [0.3, 0.4) is 0 Å². The summed E-state index contributed by atoms with van der Waals surface area (Å²) in [6, 6.07) is 9.30. The third-order valence-electron chi connectivity index (χ3n) is 4.54. The molecule has 0 bridgehead atoms. The summed E-state index contributed by atoms with van der Waals surface area (Å²) < 4.78 is 39.6. The van der Waals surface area contributed by atoms with Crippen molar-refractivity contribution in [1.82, 2.24) is 4.90 Å². The minimum atomic E-state index is -4.42. The van der Waals surface area contributed by atoms with Crippen molar-refractivity contribution in [2.75, 3.05) is 26.1 Å². The van der Waals surface area contributed by atoms with E-state index in [4.69, 9.17) is 4.84 Å². The lowest BCUT2D eigenvalue weighted by Gasteiger charge is -2.31. The first-order chi connectivity index (χ1) is 12.4. The monoisotopic (exact) mass is 380 g/mol. The van der Waals surface area contributed by atoms with E-state index in [0.29, 0.717) is 18.0 Å². The van der Waals surface area contributed by atoms with Crippen LogP contribution in [0.1, 0.15) is 36.1 Å². The first-order valence-corrected chi connectivity index (χ1v) is 8.77. The molecule has 2 aromatic carbocycles. The maximum Gasteiger partial charge on any atom is 0.416 e. The van der Waals surface area contributed by atoms with Crippen molar-refractivity contribution < 1.29 is 18.0 Å². The zero-order chi connectivity index (χ0) is 20.4. The fourth-order valence-electron chi connectivity index (χ4n) is 3.16. The number of nitrogens with zero attached hydrogens (tertiary/aromatic N) is 1. The van der Waals surface area contributed by atoms with Gasteiger partial charge in [0.2, 0.25) is 0 Å². The van der Waals surface area contributed by atoms with Crippen LogP contribution in [0, 0.1) is 13.8 Å². The molecule has 0 amide bonds. The summed E-state index contributed by atoms with van der Waals surface area (Å²) in [5.74, 6) is 0.548. The number of hydrogen-bond acceptors (Lipinski definition) is 3. The Kier molecular flexibility index (Phi) is 6.10. The molecule has 0 heterocycles. The Hall–Kier alpha value is -2.21. The second-order valence-corrected chi connectivity index (χ2v) is 7.83. The van der Waals surface area contributed by atoms with Gasteiger partial charge >= 0.3 is 6.18 Å². The molecule has 0 atom stereocenters. The molecule has 6 heteroatoms. The summed E-state index contributed by atoms with van der Waals surface area (Å²) >= 11 is 0. The van der Waals surface area contributed by atoms with Crippen molar-refractivity contribution >= 4 is 5.69 Å². The number of likely N-dealkylation sites (N-methyl/N-ethyl adjacent to an activating group) is 1. The Bertz CT molecular complexity index is 798. The molecule has 0 aliphatic heterocycles. The van der Waals surface area contributed by atoms with Crippen molar-refractivity contribution in [3.63, 3.8) is 0 Å². The van der Waals surface area contributed by atoms with E-state index in [9.17, 15) is 13.2 Å². The summed E-state index contributed by atoms with van der Waals surface area (Å²) in [7, 11) is 3.87. The van der Waals surface area contributed by atoms with Gasteiger partial charge in [-0.15, -0.1) is 0 Å². The average Bonchev–Trinajstić information content (AvgIpc) is 2.53. The number of aryl methyl sites for hydroxylation is 2. The zero-order valence-corrected chi connectivity index (χ0v) is 16.7. The summed E-state index contributed by atoms with van der Waals surface area (Å²) in [4.78, 5) is 7.61. The van der Waals surface area contributed by atoms with Crippen LogP contribution in [0.15, 0.2) is 36.4 Å². The van der Waals surface area contributed by atoms with Crippen molar-refractivity contribution in [1.29, 1.82) is 0 Å². The Morgan fingerprint density at radius 2 is 1.63 bits per heavy atom. The number of benzene rings is 2. The molecular weight excluding hydrogens is 353 g/mol. The number of halogens is 3. The van der Waals surface area contributed by atoms with Gasteiger partial charge in [-0.2, -0.15) is 13.2 Å². The highest BCUT2D eigenvalue weighted by atomic mass is 19.4. The third-order valence-corrected chi connectivity index (χ3v) is 4.54. The second kappa shape index (κ2) is 7.80. The third kappa shape index (κ3) is 5.39. The van der Waals surface area contributed by atoms with Crippen LogP contribution >= 0.6 is 0 Å². The summed E-state index contributed by atoms with van der Waals surface area (Å²) in [6.07, 6.45) is -4.42. The van der Waals surface area contributed by atoms with Crippen LogP contribution < -0.4 is 10.3 Å². The van der Waals surface area contributed by atoms with Gasteiger partial charge < -0.3 is 9.74 Å². The van der Waals surface area contributed by atoms with Crippen molar-refractivity contribution in [3.8, 4) is 5.75 Å². The molecule has 0 fully saturated rings. The van der Waals surface area contributed by atoms with E-state index in [-0.39, 0.29) is 5.41 Å². The molecule has 0 saturated carbocycles. The highest BCUT2D eigenvalue weighted by molar-refractivity contribution is 5.56. The molecule has 2 aromatic rings. The van der Waals surface area contributed by atoms with Crippen molar-refractivity contribution in [3.05, 3.63) is 58.7 Å². The van der Waals surface area contributed by atoms with E-state index in [1.54, 1.807) is 6.07 Å². The van der Waals surface area contributed by atoms with Crippen LogP contribution in [0.25, 0.3) is 0 Å². The number of rotatable bonds is 6. The first-order valence-electron chi connectivity index (χ1n) is 8.77. The van der Waals surface area contributed by atoms with Gasteiger partial charge in [0.15, 0.2) is 5.75 Å². The lowest BCUT2D eigenvalue weighted by molar-refractivity contribution is -0.137. The zero-order valence-electron chi connectivity index (χ0n) is 16.7. The van der Waals surface area contributed by atoms with E-state index in [1.165, 1.54) is 6.07 Å². The Morgan fingerprint density at radius 1 is 0.963 bits per heavy atom. The molecule has 27 heavy (non-hydrogen) atoms. The van der Waals surface area contributed by atoms with E-state index in [0.717, 1.165) is 28.8 Å². The average molecular weight is 380 g/mol. The molecular formula is C21H27F3N2O. The van der Waals surface area contributed by atoms with Crippen molar-refractivity contribution in [2.45, 2.75) is 39.3 Å². The fraction of sp³-hybridized carbons (Fsp3) is 0.429. The minimum Gasteiger partial charge on any atom is -0.382 e. The standard InChI is InChI=1S/C21H27F3N2O/c1-14-7-9-17(11-15(14)2)27-25-19-12-16(21(22,23)24)8-10-18(19)20(3,4)13-26(5)6/h7-12,25H,13H2,1-6H3. The highest BCUT2D eigenvalue weighted by Gasteiger charge is 2.33. The number of anilines is 1. The molecule has 3 nitrogen and oxygen atoms in total. The maximum absolute atomic E-state index is 13.2. The Morgan fingerprint density at radius 3 is 2.19 bits per heavy atom. The summed E-state index contributed by atoms with van der Waals surface area (Å²) in [6.45, 7) is 8.61. The molecule has 1 N–H and O–H groups in total. The first kappa shape index (κ1) is 21.1. The summed E-state index contributed by atoms with van der Waals surface area (Å²) in [5, 5.41) is 0. The molecule has 0 aliphatic rings. The minimum absolute atomic E-state index is 0.315. The maximum atomic E-state index is 13.2. The molecule has 0 radical (unpaired) electrons. The number of alkyl halides is 3. The lowest BCUT2D eigenvalue weighted by Crippen LogP contribution is -2.33. The van der Waals surface area contributed by atoms with Gasteiger partial charge in [-0.3, -0.25) is 0 Å². The van der Waals surface area contributed by atoms with Gasteiger partial charge in [-0.1, -0.05) is 26.0 Å². The van der Waals surface area contributed by atoms with Gasteiger partial charge in [0, 0.05) is 12.0 Å². The molecule has 0 aliphatic carbocycles.